The first kappa shape index (κ1) is 29.7. The minimum atomic E-state index is -1.11. The Morgan fingerprint density at radius 1 is 1.12 bits per heavy atom. The maximum atomic E-state index is 13.8. The second kappa shape index (κ2) is 9.34. The first-order chi connectivity index (χ1) is 19.6. The van der Waals surface area contributed by atoms with E-state index in [1.54, 1.807) is 6.92 Å². The Hall–Kier alpha value is -2.32. The zero-order valence-electron chi connectivity index (χ0n) is 26.0. The highest BCUT2D eigenvalue weighted by Gasteiger charge is 2.88. The van der Waals surface area contributed by atoms with E-state index in [4.69, 9.17) is 14.2 Å². The Kier molecular flexibility index (Phi) is 6.61. The molecule has 0 aromatic heterocycles. The average molecular weight is 583 g/mol. The number of epoxide rings is 1. The summed E-state index contributed by atoms with van der Waals surface area (Å²) in [7, 11) is 0. The van der Waals surface area contributed by atoms with E-state index in [-0.39, 0.29) is 81.5 Å². The highest BCUT2D eigenvalue weighted by molar-refractivity contribution is 5.99. The lowest BCUT2D eigenvalue weighted by Crippen LogP contribution is -2.58. The van der Waals surface area contributed by atoms with Crippen LogP contribution in [0.15, 0.2) is 24.3 Å². The summed E-state index contributed by atoms with van der Waals surface area (Å²) in [6.07, 6.45) is 6.06. The van der Waals surface area contributed by atoms with E-state index in [1.165, 1.54) is 13.8 Å². The molecule has 42 heavy (non-hydrogen) atoms. The number of Topliss-reactive ketones (excluding diaryl/α,β-unsaturated/α-hetero) is 1. The number of hydrogen-bond donors (Lipinski definition) is 1. The largest absolute Gasteiger partial charge is 0.462 e. The molecule has 0 aromatic carbocycles. The predicted octanol–water partition coefficient (Wildman–Crippen LogP) is 4.23. The number of rotatable bonds is 8. The Morgan fingerprint density at radius 3 is 2.43 bits per heavy atom. The first-order valence-electron chi connectivity index (χ1n) is 15.7. The number of ketones is 2. The fourth-order valence-corrected chi connectivity index (χ4v) is 11.2. The van der Waals surface area contributed by atoms with Crippen molar-refractivity contribution < 1.29 is 38.5 Å². The van der Waals surface area contributed by atoms with Crippen molar-refractivity contribution in [3.8, 4) is 0 Å². The molecule has 5 aliphatic carbocycles. The van der Waals surface area contributed by atoms with Crippen molar-refractivity contribution in [3.63, 3.8) is 0 Å². The fraction of sp³-hybridized carbons (Fsp3) is 0.765. The van der Waals surface area contributed by atoms with E-state index in [0.717, 1.165) is 19.3 Å². The van der Waals surface area contributed by atoms with Gasteiger partial charge in [-0.1, -0.05) is 47.3 Å². The third-order valence-corrected chi connectivity index (χ3v) is 13.3. The number of esters is 2. The molecule has 0 amide bonds. The third kappa shape index (κ3) is 3.66. The van der Waals surface area contributed by atoms with Gasteiger partial charge in [0.05, 0.1) is 12.2 Å². The van der Waals surface area contributed by atoms with Crippen LogP contribution in [0.4, 0.5) is 0 Å². The van der Waals surface area contributed by atoms with Crippen molar-refractivity contribution in [3.05, 3.63) is 24.3 Å². The minimum absolute atomic E-state index is 0.0317. The number of carbonyl (C=O) groups excluding carboxylic acids is 4. The number of hydrogen-bond acceptors (Lipinski definition) is 8. The van der Waals surface area contributed by atoms with Crippen molar-refractivity contribution in [2.24, 2.45) is 57.2 Å². The smallest absolute Gasteiger partial charge is 0.303 e. The molecule has 5 fully saturated rings. The number of carbonyl (C=O) groups is 4. The van der Waals surface area contributed by atoms with Crippen LogP contribution in [0.2, 0.25) is 0 Å². The highest BCUT2D eigenvalue weighted by Crippen LogP contribution is 2.89. The number of allylic oxidation sites excluding steroid dienone is 2. The van der Waals surface area contributed by atoms with Gasteiger partial charge in [0.25, 0.3) is 0 Å². The fourth-order valence-electron chi connectivity index (χ4n) is 11.2. The monoisotopic (exact) mass is 582 g/mol. The average Bonchev–Trinajstić information content (AvgIpc) is 3.80. The van der Waals surface area contributed by atoms with E-state index in [2.05, 4.69) is 33.4 Å². The molecule has 1 N–H and O–H groups in total. The maximum Gasteiger partial charge on any atom is 0.303 e. The van der Waals surface area contributed by atoms with Crippen LogP contribution in [0.1, 0.15) is 74.1 Å². The van der Waals surface area contributed by atoms with Crippen LogP contribution < -0.4 is 0 Å². The summed E-state index contributed by atoms with van der Waals surface area (Å²) >= 11 is 0. The molecule has 6 aliphatic rings. The third-order valence-electron chi connectivity index (χ3n) is 13.3. The Bertz CT molecular complexity index is 1290. The van der Waals surface area contributed by atoms with Crippen LogP contribution in [0.5, 0.6) is 0 Å². The Morgan fingerprint density at radius 2 is 1.81 bits per heavy atom. The standard InChI is InChI=1S/C34H46O8/c1-16(14-35)17(2)26(39)27(41-21(6)37)19(4)24-23(40-20(5)36)13-32(8)30-29-28(42-29)25-18(3)22(38)9-10-33(25)15-34(30,33)12-11-31(24,32)7/h9-10,16,18-19,23-25,27-30,35H,2,11-15H2,1,3-8H3/t16-,18+,19-,23-,24-,25+,27+,28?,29-,30-,31+,32-,33+,34-/m0/s1. The molecule has 0 aromatic rings. The summed E-state index contributed by atoms with van der Waals surface area (Å²) in [5, 5.41) is 9.70. The second-order valence-corrected chi connectivity index (χ2v) is 15.0. The molecule has 8 nitrogen and oxygen atoms in total. The van der Waals surface area contributed by atoms with Crippen molar-refractivity contribution in [1.82, 2.24) is 0 Å². The van der Waals surface area contributed by atoms with Gasteiger partial charge in [-0.25, -0.2) is 0 Å². The van der Waals surface area contributed by atoms with Gasteiger partial charge in [0.15, 0.2) is 17.7 Å². The molecule has 230 valence electrons. The molecule has 0 radical (unpaired) electrons. The molecule has 1 saturated heterocycles. The maximum absolute atomic E-state index is 13.8. The van der Waals surface area contributed by atoms with Gasteiger partial charge in [-0.2, -0.15) is 0 Å². The van der Waals surface area contributed by atoms with E-state index >= 15 is 0 Å². The molecule has 2 spiro atoms. The number of aliphatic hydroxyl groups is 1. The van der Waals surface area contributed by atoms with Crippen LogP contribution in [-0.2, 0) is 33.4 Å². The van der Waals surface area contributed by atoms with Gasteiger partial charge in [-0.15, -0.1) is 0 Å². The summed E-state index contributed by atoms with van der Waals surface area (Å²) in [5.74, 6) is -1.99. The molecular formula is C34H46O8. The van der Waals surface area contributed by atoms with Gasteiger partial charge in [0.2, 0.25) is 0 Å². The van der Waals surface area contributed by atoms with Crippen LogP contribution in [0, 0.1) is 57.2 Å². The summed E-state index contributed by atoms with van der Waals surface area (Å²) in [5.41, 5.74) is -0.423. The molecule has 1 aliphatic heterocycles. The zero-order valence-corrected chi connectivity index (χ0v) is 26.0. The molecule has 4 saturated carbocycles. The topological polar surface area (TPSA) is 120 Å². The summed E-state index contributed by atoms with van der Waals surface area (Å²) in [6.45, 7) is 16.7. The first-order valence-corrected chi connectivity index (χ1v) is 15.7. The van der Waals surface area contributed by atoms with Crippen LogP contribution in [0.25, 0.3) is 0 Å². The zero-order chi connectivity index (χ0) is 30.7. The van der Waals surface area contributed by atoms with E-state index in [1.807, 2.05) is 13.0 Å². The molecule has 1 heterocycles. The predicted molar refractivity (Wildman–Crippen MR) is 153 cm³/mol. The minimum Gasteiger partial charge on any atom is -0.462 e. The van der Waals surface area contributed by atoms with E-state index < -0.39 is 35.8 Å². The quantitative estimate of drug-likeness (QED) is 0.257. The Balaban J connectivity index is 1.41. The lowest BCUT2D eigenvalue weighted by Gasteiger charge is -2.59. The number of ether oxygens (including phenoxy) is 3. The lowest BCUT2D eigenvalue weighted by molar-refractivity contribution is -0.166. The summed E-state index contributed by atoms with van der Waals surface area (Å²) in [4.78, 5) is 51.3. The number of fused-ring (bicyclic) bond motifs is 5. The van der Waals surface area contributed by atoms with Crippen LogP contribution in [-0.4, -0.2) is 59.6 Å². The van der Waals surface area contributed by atoms with Crippen LogP contribution >= 0.6 is 0 Å². The molecular weight excluding hydrogens is 536 g/mol. The molecule has 14 atom stereocenters. The summed E-state index contributed by atoms with van der Waals surface area (Å²) in [6, 6.07) is 0. The SMILES string of the molecule is C=C(C(=O)[C@H](OC(C)=O)[C@@H](C)[C@H]1[C@@H](OC(C)=O)C[C@@]2(C)[C@@H]3[C@H]4OC4[C@H]4[C@H](C)C(=O)C=C[C@@]45C[C@@]35CC[C@]12C)[C@@H](C)CO. The van der Waals surface area contributed by atoms with Crippen molar-refractivity contribution >= 4 is 23.5 Å². The van der Waals surface area contributed by atoms with Gasteiger partial charge in [-0.3, -0.25) is 19.2 Å². The molecule has 1 unspecified atom stereocenters. The van der Waals surface area contributed by atoms with Gasteiger partial charge in [-0.05, 0) is 53.6 Å². The van der Waals surface area contributed by atoms with E-state index in [9.17, 15) is 24.3 Å². The van der Waals surface area contributed by atoms with Crippen molar-refractivity contribution in [2.75, 3.05) is 6.61 Å². The number of aliphatic hydroxyl groups excluding tert-OH is 1. The van der Waals surface area contributed by atoms with Gasteiger partial charge in [0.1, 0.15) is 6.10 Å². The van der Waals surface area contributed by atoms with Crippen LogP contribution in [0.3, 0.4) is 0 Å². The van der Waals surface area contributed by atoms with Gasteiger partial charge in [0, 0.05) is 61.4 Å². The normalized spacial score (nSPS) is 47.8. The molecule has 8 heteroatoms. The highest BCUT2D eigenvalue weighted by atomic mass is 16.6. The Labute approximate surface area is 248 Å². The second-order valence-electron chi connectivity index (χ2n) is 15.0. The lowest BCUT2D eigenvalue weighted by atomic mass is 9.43. The van der Waals surface area contributed by atoms with Crippen molar-refractivity contribution in [1.29, 1.82) is 0 Å². The van der Waals surface area contributed by atoms with Gasteiger partial charge < -0.3 is 19.3 Å². The summed E-state index contributed by atoms with van der Waals surface area (Å²) < 4.78 is 18.3. The van der Waals surface area contributed by atoms with Crippen molar-refractivity contribution in [2.45, 2.75) is 98.6 Å². The molecule has 0 bridgehead atoms. The van der Waals surface area contributed by atoms with Gasteiger partial charge >= 0.3 is 11.9 Å². The molecule has 6 rings (SSSR count). The van der Waals surface area contributed by atoms with E-state index in [0.29, 0.717) is 6.42 Å².